The first-order valence-electron chi connectivity index (χ1n) is 6.38. The SMILES string of the molecule is CCN1CCN(C(C(N)=S)c2cccnc2)CC1. The van der Waals surface area contributed by atoms with Crippen LogP contribution < -0.4 is 5.73 Å². The Hall–Kier alpha value is -1.04. The molecule has 1 aromatic rings. The van der Waals surface area contributed by atoms with Crippen LogP contribution in [-0.2, 0) is 0 Å². The van der Waals surface area contributed by atoms with Crippen LogP contribution in [-0.4, -0.2) is 52.5 Å². The summed E-state index contributed by atoms with van der Waals surface area (Å²) in [5.41, 5.74) is 7.01. The highest BCUT2D eigenvalue weighted by molar-refractivity contribution is 7.80. The molecular formula is C13H20N4S. The van der Waals surface area contributed by atoms with Gasteiger partial charge in [-0.3, -0.25) is 9.88 Å². The fraction of sp³-hybridized carbons (Fsp3) is 0.538. The van der Waals surface area contributed by atoms with Crippen molar-refractivity contribution in [3.05, 3.63) is 30.1 Å². The van der Waals surface area contributed by atoms with E-state index in [1.807, 2.05) is 18.3 Å². The molecule has 1 aromatic heterocycles. The smallest absolute Gasteiger partial charge is 0.0948 e. The maximum Gasteiger partial charge on any atom is 0.0948 e. The number of piperazine rings is 1. The zero-order chi connectivity index (χ0) is 13.0. The van der Waals surface area contributed by atoms with Gasteiger partial charge in [0.2, 0.25) is 0 Å². The minimum Gasteiger partial charge on any atom is -0.392 e. The van der Waals surface area contributed by atoms with Gasteiger partial charge in [0.1, 0.15) is 0 Å². The van der Waals surface area contributed by atoms with Crippen LogP contribution in [0.5, 0.6) is 0 Å². The zero-order valence-electron chi connectivity index (χ0n) is 10.7. The van der Waals surface area contributed by atoms with Crippen molar-refractivity contribution in [3.8, 4) is 0 Å². The lowest BCUT2D eigenvalue weighted by atomic mass is 10.1. The van der Waals surface area contributed by atoms with Crippen LogP contribution in [0.1, 0.15) is 18.5 Å². The Labute approximate surface area is 114 Å². The van der Waals surface area contributed by atoms with Gasteiger partial charge in [0.15, 0.2) is 0 Å². The number of thiocarbonyl (C=S) groups is 1. The first-order chi connectivity index (χ1) is 8.72. The maximum atomic E-state index is 5.92. The predicted molar refractivity (Wildman–Crippen MR) is 77.5 cm³/mol. The summed E-state index contributed by atoms with van der Waals surface area (Å²) in [7, 11) is 0. The quantitative estimate of drug-likeness (QED) is 0.824. The van der Waals surface area contributed by atoms with Crippen molar-refractivity contribution in [3.63, 3.8) is 0 Å². The van der Waals surface area contributed by atoms with E-state index in [-0.39, 0.29) is 6.04 Å². The standard InChI is InChI=1S/C13H20N4S/c1-2-16-6-8-17(9-7-16)12(13(14)18)11-4-3-5-15-10-11/h3-5,10,12H,2,6-9H2,1H3,(H2,14,18). The Bertz CT molecular complexity index is 387. The van der Waals surface area contributed by atoms with Crippen LogP contribution in [0.15, 0.2) is 24.5 Å². The van der Waals surface area contributed by atoms with Gasteiger partial charge in [-0.1, -0.05) is 25.2 Å². The highest BCUT2D eigenvalue weighted by Gasteiger charge is 2.26. The van der Waals surface area contributed by atoms with E-state index in [4.69, 9.17) is 18.0 Å². The first-order valence-corrected chi connectivity index (χ1v) is 6.79. The number of aromatic nitrogens is 1. The van der Waals surface area contributed by atoms with Gasteiger partial charge in [-0.05, 0) is 18.2 Å². The molecule has 1 unspecified atom stereocenters. The Morgan fingerprint density at radius 1 is 1.44 bits per heavy atom. The summed E-state index contributed by atoms with van der Waals surface area (Å²) in [5, 5.41) is 0. The molecular weight excluding hydrogens is 244 g/mol. The van der Waals surface area contributed by atoms with Crippen molar-refractivity contribution in [2.75, 3.05) is 32.7 Å². The predicted octanol–water partition coefficient (Wildman–Crippen LogP) is 1.05. The number of pyridine rings is 1. The van der Waals surface area contributed by atoms with Crippen molar-refractivity contribution in [2.45, 2.75) is 13.0 Å². The second-order valence-corrected chi connectivity index (χ2v) is 5.03. The van der Waals surface area contributed by atoms with E-state index in [9.17, 15) is 0 Å². The molecule has 1 aliphatic rings. The third-order valence-electron chi connectivity index (χ3n) is 3.49. The molecule has 0 aromatic carbocycles. The molecule has 2 heterocycles. The summed E-state index contributed by atoms with van der Waals surface area (Å²) in [6.07, 6.45) is 3.63. The molecule has 0 aliphatic carbocycles. The van der Waals surface area contributed by atoms with Crippen LogP contribution in [0.3, 0.4) is 0 Å². The molecule has 98 valence electrons. The lowest BCUT2D eigenvalue weighted by molar-refractivity contribution is 0.122. The number of hydrogen-bond donors (Lipinski definition) is 1. The number of nitrogens with zero attached hydrogens (tertiary/aromatic N) is 3. The summed E-state index contributed by atoms with van der Waals surface area (Å²) in [6, 6.07) is 4.00. The van der Waals surface area contributed by atoms with Gasteiger partial charge in [-0.15, -0.1) is 0 Å². The fourth-order valence-electron chi connectivity index (χ4n) is 2.43. The number of rotatable bonds is 4. The largest absolute Gasteiger partial charge is 0.392 e. The maximum absolute atomic E-state index is 5.92. The summed E-state index contributed by atoms with van der Waals surface area (Å²) in [6.45, 7) is 7.47. The summed E-state index contributed by atoms with van der Waals surface area (Å²) < 4.78 is 0. The van der Waals surface area contributed by atoms with Crippen LogP contribution in [0, 0.1) is 0 Å². The average molecular weight is 264 g/mol. The molecule has 0 saturated carbocycles. The van der Waals surface area contributed by atoms with Gasteiger partial charge < -0.3 is 10.6 Å². The molecule has 0 amide bonds. The van der Waals surface area contributed by atoms with Gasteiger partial charge in [-0.2, -0.15) is 0 Å². The molecule has 1 fully saturated rings. The van der Waals surface area contributed by atoms with E-state index in [0.717, 1.165) is 38.3 Å². The fourth-order valence-corrected chi connectivity index (χ4v) is 2.72. The van der Waals surface area contributed by atoms with Gasteiger partial charge in [0, 0.05) is 38.6 Å². The van der Waals surface area contributed by atoms with Crippen molar-refractivity contribution < 1.29 is 0 Å². The van der Waals surface area contributed by atoms with E-state index < -0.39 is 0 Å². The topological polar surface area (TPSA) is 45.4 Å². The van der Waals surface area contributed by atoms with Gasteiger partial charge in [0.05, 0.1) is 11.0 Å². The van der Waals surface area contributed by atoms with Crippen molar-refractivity contribution in [1.82, 2.24) is 14.8 Å². The molecule has 1 saturated heterocycles. The Kier molecular flexibility index (Phi) is 4.63. The molecule has 2 N–H and O–H groups in total. The second-order valence-electron chi connectivity index (χ2n) is 4.56. The third-order valence-corrected chi connectivity index (χ3v) is 3.71. The molecule has 0 radical (unpaired) electrons. The van der Waals surface area contributed by atoms with E-state index in [2.05, 4.69) is 21.7 Å². The molecule has 5 heteroatoms. The molecule has 0 spiro atoms. The van der Waals surface area contributed by atoms with Gasteiger partial charge in [-0.25, -0.2) is 0 Å². The highest BCUT2D eigenvalue weighted by atomic mass is 32.1. The zero-order valence-corrected chi connectivity index (χ0v) is 11.6. The molecule has 1 aliphatic heterocycles. The molecule has 18 heavy (non-hydrogen) atoms. The number of nitrogens with two attached hydrogens (primary N) is 1. The van der Waals surface area contributed by atoms with Gasteiger partial charge >= 0.3 is 0 Å². The average Bonchev–Trinajstić information content (AvgIpc) is 2.40. The third kappa shape index (κ3) is 3.04. The summed E-state index contributed by atoms with van der Waals surface area (Å²) >= 11 is 5.23. The Morgan fingerprint density at radius 2 is 2.17 bits per heavy atom. The number of likely N-dealkylation sites (N-methyl/N-ethyl adjacent to an activating group) is 1. The first kappa shape index (κ1) is 13.4. The molecule has 2 rings (SSSR count). The lowest BCUT2D eigenvalue weighted by Crippen LogP contribution is -2.49. The van der Waals surface area contributed by atoms with E-state index in [1.54, 1.807) is 6.20 Å². The Balaban J connectivity index is 2.10. The van der Waals surface area contributed by atoms with E-state index in [1.165, 1.54) is 0 Å². The molecule has 4 nitrogen and oxygen atoms in total. The van der Waals surface area contributed by atoms with Crippen molar-refractivity contribution in [1.29, 1.82) is 0 Å². The second kappa shape index (κ2) is 6.22. The molecule has 0 bridgehead atoms. The number of hydrogen-bond acceptors (Lipinski definition) is 4. The van der Waals surface area contributed by atoms with E-state index in [0.29, 0.717) is 4.99 Å². The molecule has 1 atom stereocenters. The van der Waals surface area contributed by atoms with Crippen LogP contribution >= 0.6 is 12.2 Å². The van der Waals surface area contributed by atoms with Gasteiger partial charge in [0.25, 0.3) is 0 Å². The monoisotopic (exact) mass is 264 g/mol. The van der Waals surface area contributed by atoms with Crippen LogP contribution in [0.25, 0.3) is 0 Å². The minimum absolute atomic E-state index is 0.0210. The highest BCUT2D eigenvalue weighted by Crippen LogP contribution is 2.21. The van der Waals surface area contributed by atoms with Crippen LogP contribution in [0.4, 0.5) is 0 Å². The summed E-state index contributed by atoms with van der Waals surface area (Å²) in [4.78, 5) is 9.49. The summed E-state index contributed by atoms with van der Waals surface area (Å²) in [5.74, 6) is 0. The Morgan fingerprint density at radius 3 is 2.67 bits per heavy atom. The van der Waals surface area contributed by atoms with Crippen molar-refractivity contribution in [2.24, 2.45) is 5.73 Å². The lowest BCUT2D eigenvalue weighted by Gasteiger charge is -2.38. The van der Waals surface area contributed by atoms with E-state index >= 15 is 0 Å². The van der Waals surface area contributed by atoms with Crippen LogP contribution in [0.2, 0.25) is 0 Å². The van der Waals surface area contributed by atoms with Crippen molar-refractivity contribution >= 4 is 17.2 Å². The normalized spacial score (nSPS) is 19.6. The minimum atomic E-state index is 0.0210.